The first-order valence-corrected chi connectivity index (χ1v) is 8.32. The summed E-state index contributed by atoms with van der Waals surface area (Å²) in [6.07, 6.45) is 2.32. The number of carbonyl (C=O) groups excluding carboxylic acids is 1. The molecule has 1 aromatic heterocycles. The molecule has 0 fully saturated rings. The van der Waals surface area contributed by atoms with Gasteiger partial charge in [-0.05, 0) is 54.8 Å². The maximum Gasteiger partial charge on any atom is 0.274 e. The Hall–Kier alpha value is -3.28. The average molecular weight is 350 g/mol. The van der Waals surface area contributed by atoms with E-state index in [1.54, 1.807) is 18.2 Å². The number of para-hydroxylation sites is 1. The molecule has 0 spiro atoms. The molecular weight excluding hydrogens is 331 g/mol. The zero-order valence-electron chi connectivity index (χ0n) is 14.6. The van der Waals surface area contributed by atoms with Crippen molar-refractivity contribution >= 4 is 23.2 Å². The molecule has 0 unspecified atom stereocenters. The number of hydrogen-bond donors (Lipinski definition) is 2. The third-order valence-electron chi connectivity index (χ3n) is 3.97. The lowest BCUT2D eigenvalue weighted by molar-refractivity contribution is 0.102. The molecule has 3 aromatic rings. The Labute approximate surface area is 151 Å². The standard InChI is InChI=1S/C20H19FN4O/c1-3-14-6-4-5-13(2)18(14)25-19(26)17-11-12-22-20(24-17)23-16-9-7-15(21)8-10-16/h4-12H,3H2,1-2H3,(H,25,26)(H,22,23,24). The number of anilines is 3. The zero-order chi connectivity index (χ0) is 18.5. The van der Waals surface area contributed by atoms with Crippen molar-refractivity contribution in [1.82, 2.24) is 9.97 Å². The minimum Gasteiger partial charge on any atom is -0.324 e. The number of rotatable bonds is 5. The van der Waals surface area contributed by atoms with E-state index in [2.05, 4.69) is 20.6 Å². The van der Waals surface area contributed by atoms with Gasteiger partial charge < -0.3 is 10.6 Å². The van der Waals surface area contributed by atoms with Gasteiger partial charge in [0.1, 0.15) is 11.5 Å². The Morgan fingerprint density at radius 2 is 1.88 bits per heavy atom. The van der Waals surface area contributed by atoms with Crippen LogP contribution in [0.15, 0.2) is 54.7 Å². The number of aryl methyl sites for hydroxylation is 2. The van der Waals surface area contributed by atoms with Gasteiger partial charge in [-0.25, -0.2) is 14.4 Å². The summed E-state index contributed by atoms with van der Waals surface area (Å²) >= 11 is 0. The molecule has 0 atom stereocenters. The smallest absolute Gasteiger partial charge is 0.274 e. The van der Waals surface area contributed by atoms with Gasteiger partial charge in [-0.2, -0.15) is 0 Å². The third-order valence-corrected chi connectivity index (χ3v) is 3.97. The first-order chi connectivity index (χ1) is 12.6. The second-order valence-electron chi connectivity index (χ2n) is 5.81. The predicted molar refractivity (Wildman–Crippen MR) is 100 cm³/mol. The van der Waals surface area contributed by atoms with E-state index < -0.39 is 0 Å². The first-order valence-electron chi connectivity index (χ1n) is 8.32. The Morgan fingerprint density at radius 1 is 1.12 bits per heavy atom. The molecule has 0 bridgehead atoms. The highest BCUT2D eigenvalue weighted by Gasteiger charge is 2.13. The van der Waals surface area contributed by atoms with Crippen LogP contribution in [0.3, 0.4) is 0 Å². The van der Waals surface area contributed by atoms with Crippen LogP contribution in [-0.2, 0) is 6.42 Å². The van der Waals surface area contributed by atoms with Crippen LogP contribution >= 0.6 is 0 Å². The molecule has 5 nitrogen and oxygen atoms in total. The van der Waals surface area contributed by atoms with Gasteiger partial charge in [0.05, 0.1) is 0 Å². The van der Waals surface area contributed by atoms with E-state index in [-0.39, 0.29) is 23.4 Å². The molecule has 2 aromatic carbocycles. The molecule has 0 radical (unpaired) electrons. The van der Waals surface area contributed by atoms with Crippen LogP contribution in [0.5, 0.6) is 0 Å². The lowest BCUT2D eigenvalue weighted by atomic mass is 10.1. The molecule has 0 aliphatic rings. The minimum atomic E-state index is -0.324. The van der Waals surface area contributed by atoms with Gasteiger partial charge >= 0.3 is 0 Å². The second kappa shape index (κ2) is 7.74. The van der Waals surface area contributed by atoms with E-state index in [0.29, 0.717) is 5.69 Å². The van der Waals surface area contributed by atoms with Gasteiger partial charge in [-0.15, -0.1) is 0 Å². The molecule has 0 aliphatic heterocycles. The Kier molecular flexibility index (Phi) is 5.22. The molecule has 132 valence electrons. The van der Waals surface area contributed by atoms with E-state index in [0.717, 1.165) is 23.2 Å². The number of nitrogens with zero attached hydrogens (tertiary/aromatic N) is 2. The van der Waals surface area contributed by atoms with Crippen molar-refractivity contribution in [3.63, 3.8) is 0 Å². The predicted octanol–water partition coefficient (Wildman–Crippen LogP) is 4.48. The number of carbonyl (C=O) groups is 1. The highest BCUT2D eigenvalue weighted by atomic mass is 19.1. The van der Waals surface area contributed by atoms with Gasteiger partial charge in [0.15, 0.2) is 0 Å². The van der Waals surface area contributed by atoms with Gasteiger partial charge in [0, 0.05) is 17.6 Å². The van der Waals surface area contributed by atoms with Crippen LogP contribution in [0.2, 0.25) is 0 Å². The third kappa shape index (κ3) is 4.03. The van der Waals surface area contributed by atoms with Gasteiger partial charge in [0.2, 0.25) is 5.95 Å². The first kappa shape index (κ1) is 17.5. The quantitative estimate of drug-likeness (QED) is 0.712. The molecule has 1 amide bonds. The molecule has 0 saturated heterocycles. The van der Waals surface area contributed by atoms with Gasteiger partial charge in [-0.3, -0.25) is 4.79 Å². The van der Waals surface area contributed by atoms with E-state index in [9.17, 15) is 9.18 Å². The topological polar surface area (TPSA) is 66.9 Å². The fraction of sp³-hybridized carbons (Fsp3) is 0.150. The summed E-state index contributed by atoms with van der Waals surface area (Å²) in [4.78, 5) is 21.0. The largest absolute Gasteiger partial charge is 0.324 e. The summed E-state index contributed by atoms with van der Waals surface area (Å²) in [6, 6.07) is 13.3. The molecule has 26 heavy (non-hydrogen) atoms. The SMILES string of the molecule is CCc1cccc(C)c1NC(=O)c1ccnc(Nc2ccc(F)cc2)n1. The molecular formula is C20H19FN4O. The molecule has 2 N–H and O–H groups in total. The Morgan fingerprint density at radius 3 is 2.62 bits per heavy atom. The lowest BCUT2D eigenvalue weighted by Gasteiger charge is -2.13. The number of halogens is 1. The van der Waals surface area contributed by atoms with E-state index in [1.807, 2.05) is 32.0 Å². The minimum absolute atomic E-state index is 0.245. The summed E-state index contributed by atoms with van der Waals surface area (Å²) in [6.45, 7) is 4.00. The number of aromatic nitrogens is 2. The average Bonchev–Trinajstić information content (AvgIpc) is 2.65. The van der Waals surface area contributed by atoms with Gasteiger partial charge in [0.25, 0.3) is 5.91 Å². The maximum atomic E-state index is 13.0. The molecule has 0 aliphatic carbocycles. The van der Waals surface area contributed by atoms with Crippen molar-refractivity contribution < 1.29 is 9.18 Å². The molecule has 1 heterocycles. The Bertz CT molecular complexity index is 925. The second-order valence-corrected chi connectivity index (χ2v) is 5.81. The van der Waals surface area contributed by atoms with Crippen LogP contribution in [0.1, 0.15) is 28.5 Å². The highest BCUT2D eigenvalue weighted by molar-refractivity contribution is 6.03. The monoisotopic (exact) mass is 350 g/mol. The highest BCUT2D eigenvalue weighted by Crippen LogP contribution is 2.22. The number of hydrogen-bond acceptors (Lipinski definition) is 4. The zero-order valence-corrected chi connectivity index (χ0v) is 14.6. The lowest BCUT2D eigenvalue weighted by Crippen LogP contribution is -2.16. The molecule has 6 heteroatoms. The van der Waals surface area contributed by atoms with Crippen LogP contribution in [0.25, 0.3) is 0 Å². The number of amides is 1. The molecule has 0 saturated carbocycles. The summed E-state index contributed by atoms with van der Waals surface area (Å²) in [5.41, 5.74) is 3.76. The maximum absolute atomic E-state index is 13.0. The van der Waals surface area contributed by atoms with Crippen molar-refractivity contribution in [3.8, 4) is 0 Å². The van der Waals surface area contributed by atoms with Crippen molar-refractivity contribution in [2.24, 2.45) is 0 Å². The van der Waals surface area contributed by atoms with E-state index in [1.165, 1.54) is 18.3 Å². The Balaban J connectivity index is 1.79. The van der Waals surface area contributed by atoms with Crippen LogP contribution in [0.4, 0.5) is 21.7 Å². The normalized spacial score (nSPS) is 10.4. The molecule has 3 rings (SSSR count). The summed E-state index contributed by atoms with van der Waals surface area (Å²) in [7, 11) is 0. The van der Waals surface area contributed by atoms with Crippen LogP contribution < -0.4 is 10.6 Å². The van der Waals surface area contributed by atoms with Crippen molar-refractivity contribution in [2.45, 2.75) is 20.3 Å². The number of nitrogens with one attached hydrogen (secondary N) is 2. The van der Waals surface area contributed by atoms with Crippen molar-refractivity contribution in [1.29, 1.82) is 0 Å². The van der Waals surface area contributed by atoms with E-state index in [4.69, 9.17) is 0 Å². The summed E-state index contributed by atoms with van der Waals surface area (Å²) < 4.78 is 13.0. The van der Waals surface area contributed by atoms with Gasteiger partial charge in [-0.1, -0.05) is 25.1 Å². The van der Waals surface area contributed by atoms with Crippen LogP contribution in [0, 0.1) is 12.7 Å². The van der Waals surface area contributed by atoms with E-state index >= 15 is 0 Å². The summed E-state index contributed by atoms with van der Waals surface area (Å²) in [5.74, 6) is -0.363. The fourth-order valence-electron chi connectivity index (χ4n) is 2.59. The van der Waals surface area contributed by atoms with Crippen molar-refractivity contribution in [3.05, 3.63) is 77.4 Å². The fourth-order valence-corrected chi connectivity index (χ4v) is 2.59. The van der Waals surface area contributed by atoms with Crippen LogP contribution in [-0.4, -0.2) is 15.9 Å². The van der Waals surface area contributed by atoms with Crippen molar-refractivity contribution in [2.75, 3.05) is 10.6 Å². The summed E-state index contributed by atoms with van der Waals surface area (Å²) in [5, 5.41) is 5.89. The number of benzene rings is 2.